The van der Waals surface area contributed by atoms with Gasteiger partial charge in [0.1, 0.15) is 0 Å². The van der Waals surface area contributed by atoms with Crippen LogP contribution in [0.1, 0.15) is 61.1 Å². The Balaban J connectivity index is 2.02. The number of aryl methyl sites for hydroxylation is 2. The summed E-state index contributed by atoms with van der Waals surface area (Å²) in [5.41, 5.74) is 13.9. The highest BCUT2D eigenvalue weighted by Crippen LogP contribution is 2.52. The van der Waals surface area contributed by atoms with Gasteiger partial charge in [-0.2, -0.15) is 0 Å². The second kappa shape index (κ2) is 6.23. The molecule has 0 aromatic heterocycles. The summed E-state index contributed by atoms with van der Waals surface area (Å²) < 4.78 is 0. The summed E-state index contributed by atoms with van der Waals surface area (Å²) in [5, 5.41) is 0. The highest BCUT2D eigenvalue weighted by Gasteiger charge is 2.37. The number of benzene rings is 3. The van der Waals surface area contributed by atoms with Crippen molar-refractivity contribution in [1.82, 2.24) is 0 Å². The first-order valence-corrected chi connectivity index (χ1v) is 9.82. The molecule has 1 aliphatic rings. The number of hydrogen-bond donors (Lipinski definition) is 0. The Morgan fingerprint density at radius 1 is 0.667 bits per heavy atom. The molecular formula is C27H28. The minimum Gasteiger partial charge on any atom is -0.0620 e. The Morgan fingerprint density at radius 3 is 2.07 bits per heavy atom. The van der Waals surface area contributed by atoms with Crippen molar-refractivity contribution >= 4 is 11.1 Å². The average Bonchev–Trinajstić information content (AvgIpc) is 2.89. The lowest BCUT2D eigenvalue weighted by molar-refractivity contribution is 0.657. The van der Waals surface area contributed by atoms with Gasteiger partial charge in [0.2, 0.25) is 0 Å². The number of rotatable bonds is 2. The van der Waals surface area contributed by atoms with Gasteiger partial charge >= 0.3 is 0 Å². The topological polar surface area (TPSA) is 0 Å². The van der Waals surface area contributed by atoms with Gasteiger partial charge in [-0.1, -0.05) is 74.5 Å². The normalized spacial score (nSPS) is 15.2. The number of allylic oxidation sites excluding steroid dienone is 2. The van der Waals surface area contributed by atoms with E-state index in [1.165, 1.54) is 55.7 Å². The Morgan fingerprint density at radius 2 is 1.33 bits per heavy atom. The van der Waals surface area contributed by atoms with Crippen LogP contribution in [0.3, 0.4) is 0 Å². The summed E-state index contributed by atoms with van der Waals surface area (Å²) in [6.07, 6.45) is 0. The molecule has 136 valence electrons. The SMILES string of the molecule is C/C(=C(/C)c1c(C)ccc2c1C(C)(C)c1ccccc1-2)c1ccccc1C. The lowest BCUT2D eigenvalue weighted by atomic mass is 9.76. The van der Waals surface area contributed by atoms with Crippen LogP contribution in [0, 0.1) is 13.8 Å². The first-order valence-electron chi connectivity index (χ1n) is 9.82. The first-order chi connectivity index (χ1) is 12.8. The number of hydrogen-bond acceptors (Lipinski definition) is 0. The van der Waals surface area contributed by atoms with Crippen molar-refractivity contribution in [2.45, 2.75) is 47.0 Å². The highest BCUT2D eigenvalue weighted by molar-refractivity contribution is 5.95. The van der Waals surface area contributed by atoms with Crippen LogP contribution in [0.2, 0.25) is 0 Å². The lowest BCUT2D eigenvalue weighted by Crippen LogP contribution is -2.17. The Bertz CT molecular complexity index is 1080. The maximum absolute atomic E-state index is 2.37. The minimum absolute atomic E-state index is 0.0144. The second-order valence-electron chi connectivity index (χ2n) is 8.42. The fourth-order valence-corrected chi connectivity index (χ4v) is 4.84. The van der Waals surface area contributed by atoms with E-state index in [9.17, 15) is 0 Å². The largest absolute Gasteiger partial charge is 0.0620 e. The van der Waals surface area contributed by atoms with Gasteiger partial charge in [-0.3, -0.25) is 0 Å². The first kappa shape index (κ1) is 17.8. The van der Waals surface area contributed by atoms with E-state index in [4.69, 9.17) is 0 Å². The van der Waals surface area contributed by atoms with Crippen LogP contribution in [0.4, 0.5) is 0 Å². The van der Waals surface area contributed by atoms with Gasteiger partial charge in [-0.05, 0) is 83.3 Å². The highest BCUT2D eigenvalue weighted by atomic mass is 14.4. The molecule has 0 heteroatoms. The van der Waals surface area contributed by atoms with E-state index in [0.29, 0.717) is 0 Å². The molecule has 27 heavy (non-hydrogen) atoms. The summed E-state index contributed by atoms with van der Waals surface area (Å²) in [5.74, 6) is 0. The zero-order chi connectivity index (χ0) is 19.3. The van der Waals surface area contributed by atoms with E-state index in [2.05, 4.69) is 102 Å². The zero-order valence-electron chi connectivity index (χ0n) is 17.3. The van der Waals surface area contributed by atoms with Crippen LogP contribution in [-0.4, -0.2) is 0 Å². The maximum Gasteiger partial charge on any atom is 0.0164 e. The van der Waals surface area contributed by atoms with Crippen molar-refractivity contribution in [3.63, 3.8) is 0 Å². The molecule has 0 nitrogen and oxygen atoms in total. The molecule has 0 amide bonds. The molecule has 3 aromatic rings. The van der Waals surface area contributed by atoms with E-state index in [0.717, 1.165) is 0 Å². The summed E-state index contributed by atoms with van der Waals surface area (Å²) in [6, 6.07) is 22.2. The van der Waals surface area contributed by atoms with Crippen molar-refractivity contribution in [2.24, 2.45) is 0 Å². The van der Waals surface area contributed by atoms with Crippen molar-refractivity contribution in [3.05, 3.63) is 94.0 Å². The van der Waals surface area contributed by atoms with Crippen LogP contribution < -0.4 is 0 Å². The van der Waals surface area contributed by atoms with Crippen LogP contribution in [-0.2, 0) is 5.41 Å². The molecule has 0 aliphatic heterocycles. The molecule has 3 aromatic carbocycles. The molecule has 0 atom stereocenters. The molecule has 0 N–H and O–H groups in total. The van der Waals surface area contributed by atoms with Gasteiger partial charge in [0, 0.05) is 5.41 Å². The molecule has 0 saturated carbocycles. The van der Waals surface area contributed by atoms with Gasteiger partial charge in [0.15, 0.2) is 0 Å². The molecule has 1 aliphatic carbocycles. The quantitative estimate of drug-likeness (QED) is 0.417. The summed E-state index contributed by atoms with van der Waals surface area (Å²) in [7, 11) is 0. The van der Waals surface area contributed by atoms with E-state index >= 15 is 0 Å². The molecule has 0 heterocycles. The molecule has 0 spiro atoms. The van der Waals surface area contributed by atoms with Crippen molar-refractivity contribution in [1.29, 1.82) is 0 Å². The summed E-state index contributed by atoms with van der Waals surface area (Å²) in [4.78, 5) is 0. The minimum atomic E-state index is 0.0144. The van der Waals surface area contributed by atoms with Crippen molar-refractivity contribution < 1.29 is 0 Å². The predicted molar refractivity (Wildman–Crippen MR) is 118 cm³/mol. The fraction of sp³-hybridized carbons (Fsp3) is 0.259. The molecule has 0 unspecified atom stereocenters. The molecule has 0 fully saturated rings. The fourth-order valence-electron chi connectivity index (χ4n) is 4.84. The molecule has 0 radical (unpaired) electrons. The standard InChI is InChI=1S/C27H28/c1-17-11-7-8-12-21(17)19(3)20(4)25-18(2)15-16-23-22-13-9-10-14-24(22)27(5,6)26(23)25/h7-16H,1-6H3/b20-19+. The molecule has 0 saturated heterocycles. The van der Waals surface area contributed by atoms with Gasteiger partial charge in [0.05, 0.1) is 0 Å². The van der Waals surface area contributed by atoms with Crippen molar-refractivity contribution in [2.75, 3.05) is 0 Å². The zero-order valence-corrected chi connectivity index (χ0v) is 17.3. The Hall–Kier alpha value is -2.60. The smallest absolute Gasteiger partial charge is 0.0164 e. The predicted octanol–water partition coefficient (Wildman–Crippen LogP) is 7.56. The second-order valence-corrected chi connectivity index (χ2v) is 8.42. The monoisotopic (exact) mass is 352 g/mol. The van der Waals surface area contributed by atoms with Crippen LogP contribution >= 0.6 is 0 Å². The molecular weight excluding hydrogens is 324 g/mol. The van der Waals surface area contributed by atoms with E-state index in [1.807, 2.05) is 0 Å². The van der Waals surface area contributed by atoms with E-state index in [1.54, 1.807) is 0 Å². The summed E-state index contributed by atoms with van der Waals surface area (Å²) in [6.45, 7) is 13.8. The van der Waals surface area contributed by atoms with Gasteiger partial charge in [0.25, 0.3) is 0 Å². The van der Waals surface area contributed by atoms with Gasteiger partial charge in [-0.15, -0.1) is 0 Å². The third kappa shape index (κ3) is 2.58. The third-order valence-electron chi connectivity index (χ3n) is 6.42. The van der Waals surface area contributed by atoms with Crippen LogP contribution in [0.25, 0.3) is 22.3 Å². The van der Waals surface area contributed by atoms with Gasteiger partial charge in [-0.25, -0.2) is 0 Å². The van der Waals surface area contributed by atoms with Crippen LogP contribution in [0.5, 0.6) is 0 Å². The maximum atomic E-state index is 2.37. The van der Waals surface area contributed by atoms with E-state index < -0.39 is 0 Å². The summed E-state index contributed by atoms with van der Waals surface area (Å²) >= 11 is 0. The van der Waals surface area contributed by atoms with Gasteiger partial charge < -0.3 is 0 Å². The Kier molecular flexibility index (Phi) is 4.11. The molecule has 0 bridgehead atoms. The lowest BCUT2D eigenvalue weighted by Gasteiger charge is -2.27. The molecule has 4 rings (SSSR count). The van der Waals surface area contributed by atoms with Crippen LogP contribution in [0.15, 0.2) is 60.7 Å². The number of fused-ring (bicyclic) bond motifs is 3. The Labute approximate surface area is 163 Å². The average molecular weight is 353 g/mol. The third-order valence-corrected chi connectivity index (χ3v) is 6.42. The van der Waals surface area contributed by atoms with E-state index in [-0.39, 0.29) is 5.41 Å². The van der Waals surface area contributed by atoms with Crippen molar-refractivity contribution in [3.8, 4) is 11.1 Å².